The fourth-order valence-electron chi connectivity index (χ4n) is 4.34. The zero-order chi connectivity index (χ0) is 25.2. The number of carboxylic acids is 1. The molecular weight excluding hydrogens is 453 g/mol. The Bertz CT molecular complexity index is 1120. The van der Waals surface area contributed by atoms with Crippen LogP contribution in [0.3, 0.4) is 0 Å². The predicted octanol–water partition coefficient (Wildman–Crippen LogP) is 5.36. The summed E-state index contributed by atoms with van der Waals surface area (Å²) in [6.07, 6.45) is -5.40. The van der Waals surface area contributed by atoms with Crippen LogP contribution in [0.2, 0.25) is 0 Å². The van der Waals surface area contributed by atoms with Gasteiger partial charge in [-0.05, 0) is 31.0 Å². The second-order valence-electron chi connectivity index (χ2n) is 7.80. The van der Waals surface area contributed by atoms with Gasteiger partial charge in [-0.25, -0.2) is 4.79 Å². The van der Waals surface area contributed by atoms with Crippen LogP contribution in [0.4, 0.5) is 13.2 Å². The maximum Gasteiger partial charge on any atom is 0.416 e. The summed E-state index contributed by atoms with van der Waals surface area (Å²) in [4.78, 5) is 25.1. The first kappa shape index (κ1) is 25.0. The molecule has 180 valence electrons. The quantitative estimate of drug-likeness (QED) is 0.427. The predicted molar refractivity (Wildman–Crippen MR) is 117 cm³/mol. The van der Waals surface area contributed by atoms with E-state index in [1.807, 2.05) is 6.07 Å². The molecule has 3 rings (SSSR count). The second-order valence-corrected chi connectivity index (χ2v) is 7.80. The Labute approximate surface area is 193 Å². The zero-order valence-electron chi connectivity index (χ0n) is 18.7. The molecule has 2 aromatic rings. The van der Waals surface area contributed by atoms with E-state index in [0.29, 0.717) is 0 Å². The molecule has 7 nitrogen and oxygen atoms in total. The number of nitro groups is 1. The Balaban J connectivity index is 2.23. The highest BCUT2D eigenvalue weighted by Gasteiger charge is 2.47. The summed E-state index contributed by atoms with van der Waals surface area (Å²) < 4.78 is 46.8. The molecule has 0 saturated heterocycles. The van der Waals surface area contributed by atoms with Crippen molar-refractivity contribution in [1.82, 2.24) is 4.90 Å². The molecule has 0 aliphatic carbocycles. The maximum absolute atomic E-state index is 13.8. The molecule has 2 atom stereocenters. The van der Waals surface area contributed by atoms with Crippen molar-refractivity contribution >= 4 is 5.97 Å². The molecule has 10 heteroatoms. The lowest BCUT2D eigenvalue weighted by Gasteiger charge is -2.36. The fourth-order valence-corrected chi connectivity index (χ4v) is 4.34. The van der Waals surface area contributed by atoms with Gasteiger partial charge in [0.05, 0.1) is 34.4 Å². The number of rotatable bonds is 7. The number of hydrogen-bond acceptors (Lipinski definition) is 5. The summed E-state index contributed by atoms with van der Waals surface area (Å²) in [5, 5.41) is 22.2. The Morgan fingerprint density at radius 3 is 2.24 bits per heavy atom. The first-order chi connectivity index (χ1) is 16.0. The van der Waals surface area contributed by atoms with E-state index in [4.69, 9.17) is 4.74 Å². The van der Waals surface area contributed by atoms with E-state index in [1.165, 1.54) is 31.9 Å². The Morgan fingerprint density at radius 1 is 1.12 bits per heavy atom. The summed E-state index contributed by atoms with van der Waals surface area (Å²) >= 11 is 0. The van der Waals surface area contributed by atoms with Gasteiger partial charge in [0.25, 0.3) is 5.70 Å². The van der Waals surface area contributed by atoms with Gasteiger partial charge in [-0.2, -0.15) is 13.2 Å². The van der Waals surface area contributed by atoms with Crippen molar-refractivity contribution in [3.05, 3.63) is 104 Å². The number of benzene rings is 2. The summed E-state index contributed by atoms with van der Waals surface area (Å²) in [6.45, 7) is 2.87. The van der Waals surface area contributed by atoms with Crippen LogP contribution < -0.4 is 0 Å². The number of aliphatic carboxylic acids is 1. The molecule has 0 radical (unpaired) electrons. The molecule has 34 heavy (non-hydrogen) atoms. The van der Waals surface area contributed by atoms with E-state index in [0.717, 1.165) is 23.8 Å². The number of halogens is 3. The van der Waals surface area contributed by atoms with Crippen LogP contribution in [-0.4, -0.2) is 34.6 Å². The molecule has 2 aromatic carbocycles. The van der Waals surface area contributed by atoms with E-state index in [-0.39, 0.29) is 17.9 Å². The lowest BCUT2D eigenvalue weighted by atomic mass is 9.81. The third kappa shape index (κ3) is 4.67. The number of allylic oxidation sites excluding steroid dienone is 3. The van der Waals surface area contributed by atoms with Gasteiger partial charge in [0.15, 0.2) is 0 Å². The van der Waals surface area contributed by atoms with Gasteiger partial charge >= 0.3 is 12.1 Å². The van der Waals surface area contributed by atoms with Gasteiger partial charge in [0, 0.05) is 12.8 Å². The molecule has 0 aromatic heterocycles. The van der Waals surface area contributed by atoms with Crippen LogP contribution in [0.25, 0.3) is 0 Å². The van der Waals surface area contributed by atoms with Crippen LogP contribution in [0.1, 0.15) is 42.6 Å². The summed E-state index contributed by atoms with van der Waals surface area (Å²) in [7, 11) is 1.45. The van der Waals surface area contributed by atoms with E-state index in [9.17, 15) is 33.2 Å². The highest BCUT2D eigenvalue weighted by atomic mass is 19.4. The largest absolute Gasteiger partial charge is 0.478 e. The first-order valence-electron chi connectivity index (χ1n) is 10.3. The molecule has 1 heterocycles. The van der Waals surface area contributed by atoms with Crippen molar-refractivity contribution in [3.8, 4) is 0 Å². The third-order valence-corrected chi connectivity index (χ3v) is 5.94. The molecule has 0 spiro atoms. The van der Waals surface area contributed by atoms with E-state index in [2.05, 4.69) is 0 Å². The van der Waals surface area contributed by atoms with Crippen LogP contribution in [0.15, 0.2) is 77.3 Å². The minimum absolute atomic E-state index is 0.0277. The van der Waals surface area contributed by atoms with Crippen molar-refractivity contribution in [2.45, 2.75) is 32.0 Å². The lowest BCUT2D eigenvalue weighted by Crippen LogP contribution is -2.37. The fraction of sp³-hybridized carbons (Fsp3) is 0.292. The Kier molecular flexibility index (Phi) is 7.11. The van der Waals surface area contributed by atoms with E-state index >= 15 is 0 Å². The lowest BCUT2D eigenvalue weighted by molar-refractivity contribution is -0.432. The second kappa shape index (κ2) is 9.68. The summed E-state index contributed by atoms with van der Waals surface area (Å²) in [5.74, 6) is -3.25. The van der Waals surface area contributed by atoms with Crippen molar-refractivity contribution in [3.63, 3.8) is 0 Å². The Morgan fingerprint density at radius 2 is 1.71 bits per heavy atom. The summed E-state index contributed by atoms with van der Waals surface area (Å²) in [5.41, 5.74) is -1.80. The van der Waals surface area contributed by atoms with E-state index in [1.54, 1.807) is 24.3 Å². The average molecular weight is 476 g/mol. The number of methoxy groups -OCH3 is 1. The van der Waals surface area contributed by atoms with Crippen molar-refractivity contribution in [1.29, 1.82) is 0 Å². The van der Waals surface area contributed by atoms with Crippen molar-refractivity contribution in [2.75, 3.05) is 13.7 Å². The smallest absolute Gasteiger partial charge is 0.416 e. The van der Waals surface area contributed by atoms with Crippen LogP contribution in [0.5, 0.6) is 0 Å². The summed E-state index contributed by atoms with van der Waals surface area (Å²) in [6, 6.07) is 13.3. The SMILES string of the molecule is COC(CN1C(C)=C(C(=O)O)[C@H](c2ccccc2C(F)(F)F)C([N+](=O)[O-])=C1C)c1ccccc1. The normalized spacial score (nSPS) is 17.7. The number of nitrogens with zero attached hydrogens (tertiary/aromatic N) is 2. The van der Waals surface area contributed by atoms with Gasteiger partial charge in [-0.1, -0.05) is 48.5 Å². The number of ether oxygens (including phenoxy) is 1. The first-order valence-corrected chi connectivity index (χ1v) is 10.3. The average Bonchev–Trinajstić information content (AvgIpc) is 2.78. The molecule has 1 unspecified atom stereocenters. The standard InChI is InChI=1S/C24H23F3N2O5/c1-14-20(23(30)31)21(17-11-7-8-12-18(17)24(25,26)27)22(29(32)33)15(2)28(14)13-19(34-3)16-9-5-4-6-10-16/h4-12,19,21H,13H2,1-3H3,(H,30,31)/t19?,21-/m0/s1. The highest BCUT2D eigenvalue weighted by Crippen LogP contribution is 2.46. The van der Waals surface area contributed by atoms with Crippen molar-refractivity contribution < 1.29 is 32.7 Å². The molecule has 0 saturated carbocycles. The van der Waals surface area contributed by atoms with Crippen LogP contribution in [0, 0.1) is 10.1 Å². The Hall–Kier alpha value is -3.66. The minimum atomic E-state index is -4.82. The highest BCUT2D eigenvalue weighted by molar-refractivity contribution is 5.91. The van der Waals surface area contributed by atoms with Gasteiger partial charge in [-0.15, -0.1) is 0 Å². The minimum Gasteiger partial charge on any atom is -0.478 e. The molecule has 0 bridgehead atoms. The molecule has 1 N–H and O–H groups in total. The number of carbonyl (C=O) groups is 1. The molecule has 1 aliphatic rings. The van der Waals surface area contributed by atoms with Crippen LogP contribution >= 0.6 is 0 Å². The van der Waals surface area contributed by atoms with Gasteiger partial charge < -0.3 is 14.7 Å². The van der Waals surface area contributed by atoms with Gasteiger partial charge in [0.2, 0.25) is 0 Å². The van der Waals surface area contributed by atoms with Crippen molar-refractivity contribution in [2.24, 2.45) is 0 Å². The topological polar surface area (TPSA) is 92.9 Å². The number of alkyl halides is 3. The number of carboxylic acid groups (broad SMARTS) is 1. The van der Waals surface area contributed by atoms with Crippen LogP contribution in [-0.2, 0) is 15.7 Å². The van der Waals surface area contributed by atoms with E-state index < -0.39 is 51.5 Å². The zero-order valence-corrected chi connectivity index (χ0v) is 18.7. The molecule has 1 aliphatic heterocycles. The molecular formula is C24H23F3N2O5. The van der Waals surface area contributed by atoms with Gasteiger partial charge in [-0.3, -0.25) is 10.1 Å². The molecule has 0 amide bonds. The molecule has 0 fully saturated rings. The maximum atomic E-state index is 13.8. The number of hydrogen-bond donors (Lipinski definition) is 1. The third-order valence-electron chi connectivity index (χ3n) is 5.94. The monoisotopic (exact) mass is 476 g/mol. The van der Waals surface area contributed by atoms with Gasteiger partial charge in [0.1, 0.15) is 5.92 Å².